The van der Waals surface area contributed by atoms with Crippen molar-refractivity contribution in [1.29, 1.82) is 0 Å². The van der Waals surface area contributed by atoms with E-state index in [4.69, 9.17) is 4.79 Å². The van der Waals surface area contributed by atoms with Crippen LogP contribution in [0.4, 0.5) is 13.2 Å². The fraction of sp³-hybridized carbons (Fsp3) is 0.143. The second-order valence-electron chi connectivity index (χ2n) is 1.68. The van der Waals surface area contributed by atoms with Crippen molar-refractivity contribution < 1.29 is 18.0 Å². The van der Waals surface area contributed by atoms with Gasteiger partial charge in [-0.25, -0.2) is 0 Å². The molecule has 0 bridgehead atoms. The predicted octanol–water partition coefficient (Wildman–Crippen LogP) is 1.83. The van der Waals surface area contributed by atoms with Crippen LogP contribution >= 0.6 is 0 Å². The van der Waals surface area contributed by atoms with Gasteiger partial charge in [-0.1, -0.05) is 6.07 Å². The molecular weight excluding hydrogens is 171 g/mol. The summed E-state index contributed by atoms with van der Waals surface area (Å²) in [5.74, 6) is 0. The molecule has 1 heterocycles. The van der Waals surface area contributed by atoms with Crippen LogP contribution in [0.15, 0.2) is 30.6 Å². The molecule has 0 N–H and O–H groups in total. The average molecular weight is 177 g/mol. The third-order valence-corrected chi connectivity index (χ3v) is 0.700. The van der Waals surface area contributed by atoms with E-state index in [1.54, 1.807) is 12.4 Å². The summed E-state index contributed by atoms with van der Waals surface area (Å²) in [6, 6.07) is 5.72. The van der Waals surface area contributed by atoms with Gasteiger partial charge in [-0.2, -0.15) is 13.2 Å². The third kappa shape index (κ3) is 8.61. The molecule has 0 saturated carbocycles. The van der Waals surface area contributed by atoms with Gasteiger partial charge in [0.05, 0.1) is 0 Å². The molecule has 2 nitrogen and oxygen atoms in total. The van der Waals surface area contributed by atoms with Crippen molar-refractivity contribution in [3.8, 4) is 0 Å². The van der Waals surface area contributed by atoms with E-state index in [1.807, 2.05) is 18.2 Å². The van der Waals surface area contributed by atoms with E-state index in [0.717, 1.165) is 0 Å². The van der Waals surface area contributed by atoms with E-state index >= 15 is 0 Å². The lowest BCUT2D eigenvalue weighted by atomic mass is 10.5. The molecule has 1 aromatic heterocycles. The number of pyridine rings is 1. The minimum absolute atomic E-state index is 1.06. The van der Waals surface area contributed by atoms with Crippen molar-refractivity contribution >= 4 is 6.29 Å². The molecule has 1 aromatic rings. The van der Waals surface area contributed by atoms with Crippen LogP contribution in [0.2, 0.25) is 0 Å². The topological polar surface area (TPSA) is 30.0 Å². The van der Waals surface area contributed by atoms with Gasteiger partial charge in [0.15, 0.2) is 0 Å². The number of nitrogens with zero attached hydrogens (tertiary/aromatic N) is 1. The van der Waals surface area contributed by atoms with Gasteiger partial charge in [0.2, 0.25) is 6.29 Å². The first-order chi connectivity index (χ1) is 5.56. The summed E-state index contributed by atoms with van der Waals surface area (Å²) in [7, 11) is 0. The van der Waals surface area contributed by atoms with Gasteiger partial charge in [0.25, 0.3) is 0 Å². The number of hydrogen-bond acceptors (Lipinski definition) is 2. The Morgan fingerprint density at radius 1 is 1.08 bits per heavy atom. The van der Waals surface area contributed by atoms with Crippen LogP contribution in [0.3, 0.4) is 0 Å². The maximum absolute atomic E-state index is 10.4. The summed E-state index contributed by atoms with van der Waals surface area (Å²) in [5.41, 5.74) is 0. The molecule has 0 saturated heterocycles. The predicted molar refractivity (Wildman–Crippen MR) is 36.4 cm³/mol. The lowest BCUT2D eigenvalue weighted by molar-refractivity contribution is -0.156. The highest BCUT2D eigenvalue weighted by molar-refractivity contribution is 5.56. The minimum Gasteiger partial charge on any atom is -0.293 e. The molecule has 0 atom stereocenters. The molecular formula is C7H6F3NO. The molecule has 0 fully saturated rings. The quantitative estimate of drug-likeness (QED) is 0.566. The molecule has 0 aromatic carbocycles. The SMILES string of the molecule is O=CC(F)(F)F.c1ccncc1. The van der Waals surface area contributed by atoms with E-state index in [-0.39, 0.29) is 0 Å². The second kappa shape index (κ2) is 5.29. The highest BCUT2D eigenvalue weighted by atomic mass is 19.4. The van der Waals surface area contributed by atoms with Gasteiger partial charge in [-0.15, -0.1) is 0 Å². The summed E-state index contributed by atoms with van der Waals surface area (Å²) in [5, 5.41) is 0. The molecule has 12 heavy (non-hydrogen) atoms. The lowest BCUT2D eigenvalue weighted by Gasteiger charge is -1.87. The molecule has 0 spiro atoms. The molecule has 0 unspecified atom stereocenters. The van der Waals surface area contributed by atoms with E-state index in [0.29, 0.717) is 0 Å². The zero-order chi connectivity index (χ0) is 9.45. The van der Waals surface area contributed by atoms with Crippen molar-refractivity contribution in [3.63, 3.8) is 0 Å². The van der Waals surface area contributed by atoms with Crippen molar-refractivity contribution in [2.24, 2.45) is 0 Å². The molecule has 0 amide bonds. The van der Waals surface area contributed by atoms with Gasteiger partial charge in [0, 0.05) is 12.4 Å². The molecule has 66 valence electrons. The van der Waals surface area contributed by atoms with Gasteiger partial charge in [-0.3, -0.25) is 9.78 Å². The fourth-order valence-electron chi connectivity index (χ4n) is 0.313. The Morgan fingerprint density at radius 3 is 1.58 bits per heavy atom. The second-order valence-corrected chi connectivity index (χ2v) is 1.68. The zero-order valence-electron chi connectivity index (χ0n) is 5.95. The maximum Gasteiger partial charge on any atom is 0.446 e. The Hall–Kier alpha value is -1.39. The third-order valence-electron chi connectivity index (χ3n) is 0.700. The van der Waals surface area contributed by atoms with Crippen molar-refractivity contribution in [2.75, 3.05) is 0 Å². The summed E-state index contributed by atoms with van der Waals surface area (Å²) >= 11 is 0. The van der Waals surface area contributed by atoms with Gasteiger partial charge in [0.1, 0.15) is 0 Å². The van der Waals surface area contributed by atoms with Crippen LogP contribution in [-0.2, 0) is 4.79 Å². The van der Waals surface area contributed by atoms with Crippen LogP contribution < -0.4 is 0 Å². The first-order valence-electron chi connectivity index (χ1n) is 2.94. The number of halogens is 3. The van der Waals surface area contributed by atoms with E-state index in [9.17, 15) is 13.2 Å². The Balaban J connectivity index is 0.000000202. The average Bonchev–Trinajstić information content (AvgIpc) is 2.07. The monoisotopic (exact) mass is 177 g/mol. The zero-order valence-corrected chi connectivity index (χ0v) is 5.95. The standard InChI is InChI=1S/C5H5N.C2HF3O/c1-2-4-6-5-3-1;3-2(4,5)1-6/h1-5H;1H. The van der Waals surface area contributed by atoms with E-state index in [1.165, 1.54) is 0 Å². The first kappa shape index (κ1) is 10.6. The summed E-state index contributed by atoms with van der Waals surface area (Å²) < 4.78 is 31.2. The highest BCUT2D eigenvalue weighted by Gasteiger charge is 2.24. The molecule has 1 rings (SSSR count). The van der Waals surface area contributed by atoms with Gasteiger partial charge >= 0.3 is 6.18 Å². The molecule has 5 heteroatoms. The lowest BCUT2D eigenvalue weighted by Crippen LogP contribution is -2.07. The highest BCUT2D eigenvalue weighted by Crippen LogP contribution is 2.08. The van der Waals surface area contributed by atoms with E-state index in [2.05, 4.69) is 4.98 Å². The summed E-state index contributed by atoms with van der Waals surface area (Å²) in [6.07, 6.45) is -2.20. The number of hydrogen-bond donors (Lipinski definition) is 0. The fourth-order valence-corrected chi connectivity index (χ4v) is 0.313. The number of rotatable bonds is 0. The molecule has 0 aliphatic heterocycles. The first-order valence-corrected chi connectivity index (χ1v) is 2.94. The van der Waals surface area contributed by atoms with Crippen LogP contribution in [0.1, 0.15) is 0 Å². The van der Waals surface area contributed by atoms with Gasteiger partial charge < -0.3 is 0 Å². The van der Waals surface area contributed by atoms with Crippen molar-refractivity contribution in [1.82, 2.24) is 4.98 Å². The number of carbonyl (C=O) groups is 1. The van der Waals surface area contributed by atoms with E-state index < -0.39 is 12.5 Å². The van der Waals surface area contributed by atoms with Crippen LogP contribution in [0, 0.1) is 0 Å². The van der Waals surface area contributed by atoms with Crippen molar-refractivity contribution in [2.45, 2.75) is 6.18 Å². The Morgan fingerprint density at radius 2 is 1.50 bits per heavy atom. The number of carbonyl (C=O) groups excluding carboxylic acids is 1. The van der Waals surface area contributed by atoms with Crippen molar-refractivity contribution in [3.05, 3.63) is 30.6 Å². The van der Waals surface area contributed by atoms with Crippen LogP contribution in [0.25, 0.3) is 0 Å². The number of alkyl halides is 3. The smallest absolute Gasteiger partial charge is 0.293 e. The molecule has 0 aliphatic carbocycles. The maximum atomic E-state index is 10.4. The summed E-state index contributed by atoms with van der Waals surface area (Å²) in [4.78, 5) is 12.5. The number of aromatic nitrogens is 1. The molecule has 0 radical (unpaired) electrons. The van der Waals surface area contributed by atoms with Crippen LogP contribution in [0.5, 0.6) is 0 Å². The number of aldehydes is 1. The normalized spacial score (nSPS) is 9.58. The largest absolute Gasteiger partial charge is 0.446 e. The summed E-state index contributed by atoms with van der Waals surface area (Å²) in [6.45, 7) is 0. The Bertz CT molecular complexity index is 183. The minimum atomic E-state index is -4.64. The Labute approximate surface area is 67.0 Å². The Kier molecular flexibility index (Phi) is 4.67. The molecule has 0 aliphatic rings. The van der Waals surface area contributed by atoms with Crippen LogP contribution in [-0.4, -0.2) is 17.4 Å². The van der Waals surface area contributed by atoms with Gasteiger partial charge in [-0.05, 0) is 12.1 Å².